The monoisotopic (exact) mass is 265 g/mol. The van der Waals surface area contributed by atoms with E-state index in [0.29, 0.717) is 18.7 Å². The molecule has 0 aromatic carbocycles. The first-order valence-corrected chi connectivity index (χ1v) is 7.02. The van der Waals surface area contributed by atoms with Gasteiger partial charge in [0.1, 0.15) is 12.4 Å². The second kappa shape index (κ2) is 7.46. The molecule has 1 aromatic heterocycles. The summed E-state index contributed by atoms with van der Waals surface area (Å²) in [6.45, 7) is 12.3. The van der Waals surface area contributed by atoms with E-state index in [0.717, 1.165) is 18.0 Å². The van der Waals surface area contributed by atoms with Crippen LogP contribution in [-0.2, 0) is 0 Å². The van der Waals surface area contributed by atoms with Gasteiger partial charge in [0.25, 0.3) is 0 Å². The number of ether oxygens (including phenoxy) is 1. The Balaban J connectivity index is 2.44. The van der Waals surface area contributed by atoms with Crippen LogP contribution in [0.25, 0.3) is 0 Å². The summed E-state index contributed by atoms with van der Waals surface area (Å²) in [4.78, 5) is 6.69. The van der Waals surface area contributed by atoms with Crippen molar-refractivity contribution in [3.63, 3.8) is 0 Å². The molecule has 0 saturated heterocycles. The van der Waals surface area contributed by atoms with Crippen LogP contribution in [0.5, 0.6) is 5.75 Å². The number of rotatable bonds is 7. The Morgan fingerprint density at radius 1 is 1.16 bits per heavy atom. The smallest absolute Gasteiger partial charge is 0.137 e. The summed E-state index contributed by atoms with van der Waals surface area (Å²) in [5.74, 6) is 0.803. The lowest BCUT2D eigenvalue weighted by Gasteiger charge is -2.30. The maximum atomic E-state index is 5.76. The van der Waals surface area contributed by atoms with E-state index in [1.54, 1.807) is 6.20 Å². The van der Waals surface area contributed by atoms with Gasteiger partial charge in [0, 0.05) is 24.7 Å². The van der Waals surface area contributed by atoms with Crippen LogP contribution in [0.1, 0.15) is 46.4 Å². The average Bonchev–Trinajstić information content (AvgIpc) is 2.34. The first-order valence-electron chi connectivity index (χ1n) is 7.02. The molecule has 0 aliphatic heterocycles. The van der Waals surface area contributed by atoms with Gasteiger partial charge in [-0.05, 0) is 46.8 Å². The van der Waals surface area contributed by atoms with E-state index in [1.807, 2.05) is 19.1 Å². The van der Waals surface area contributed by atoms with Gasteiger partial charge >= 0.3 is 0 Å². The van der Waals surface area contributed by atoms with E-state index in [4.69, 9.17) is 10.5 Å². The molecule has 0 bridgehead atoms. The Kier molecular flexibility index (Phi) is 6.25. The molecular formula is C15H27N3O. The molecule has 0 aliphatic rings. The standard InChI is InChI=1S/C15H27N3O/c1-11(2)18(12(3)4)8-9-19-14-6-7-15(13(5)16)17-10-14/h6-7,10-13H,8-9,16H2,1-5H3. The highest BCUT2D eigenvalue weighted by molar-refractivity contribution is 5.21. The molecule has 1 aromatic rings. The van der Waals surface area contributed by atoms with Crippen molar-refractivity contribution in [1.82, 2.24) is 9.88 Å². The molecule has 0 spiro atoms. The highest BCUT2D eigenvalue weighted by Gasteiger charge is 2.12. The van der Waals surface area contributed by atoms with E-state index in [-0.39, 0.29) is 6.04 Å². The highest BCUT2D eigenvalue weighted by atomic mass is 16.5. The van der Waals surface area contributed by atoms with Gasteiger partial charge in [-0.25, -0.2) is 0 Å². The molecule has 0 saturated carbocycles. The lowest BCUT2D eigenvalue weighted by molar-refractivity contribution is 0.142. The summed E-state index contributed by atoms with van der Waals surface area (Å²) in [6.07, 6.45) is 1.74. The van der Waals surface area contributed by atoms with Crippen molar-refractivity contribution in [2.45, 2.75) is 52.7 Å². The van der Waals surface area contributed by atoms with Crippen molar-refractivity contribution in [2.24, 2.45) is 5.73 Å². The maximum Gasteiger partial charge on any atom is 0.137 e. The van der Waals surface area contributed by atoms with Gasteiger partial charge < -0.3 is 10.5 Å². The van der Waals surface area contributed by atoms with Crippen LogP contribution < -0.4 is 10.5 Å². The van der Waals surface area contributed by atoms with Crippen LogP contribution in [0.15, 0.2) is 18.3 Å². The second-order valence-corrected chi connectivity index (χ2v) is 5.48. The SMILES string of the molecule is CC(N)c1ccc(OCCN(C(C)C)C(C)C)cn1. The Morgan fingerprint density at radius 2 is 1.79 bits per heavy atom. The zero-order valence-corrected chi connectivity index (χ0v) is 12.8. The third kappa shape index (κ3) is 5.17. The molecule has 2 N–H and O–H groups in total. The number of pyridine rings is 1. The molecule has 1 unspecified atom stereocenters. The van der Waals surface area contributed by atoms with Gasteiger partial charge in [0.2, 0.25) is 0 Å². The zero-order chi connectivity index (χ0) is 14.4. The Hall–Kier alpha value is -1.13. The first kappa shape index (κ1) is 15.9. The lowest BCUT2D eigenvalue weighted by atomic mass is 10.2. The van der Waals surface area contributed by atoms with Crippen molar-refractivity contribution < 1.29 is 4.74 Å². The molecular weight excluding hydrogens is 238 g/mol. The highest BCUT2D eigenvalue weighted by Crippen LogP contribution is 2.13. The summed E-state index contributed by atoms with van der Waals surface area (Å²) in [5.41, 5.74) is 6.65. The number of nitrogens with two attached hydrogens (primary N) is 1. The molecule has 1 atom stereocenters. The Bertz CT molecular complexity index is 352. The van der Waals surface area contributed by atoms with Gasteiger partial charge in [-0.15, -0.1) is 0 Å². The summed E-state index contributed by atoms with van der Waals surface area (Å²) in [7, 11) is 0. The minimum atomic E-state index is -0.0357. The minimum absolute atomic E-state index is 0.0357. The van der Waals surface area contributed by atoms with Crippen LogP contribution in [0.4, 0.5) is 0 Å². The van der Waals surface area contributed by atoms with Crippen LogP contribution >= 0.6 is 0 Å². The molecule has 108 valence electrons. The zero-order valence-electron chi connectivity index (χ0n) is 12.8. The normalized spacial score (nSPS) is 13.3. The number of nitrogens with zero attached hydrogens (tertiary/aromatic N) is 2. The molecule has 1 rings (SSSR count). The lowest BCUT2D eigenvalue weighted by Crippen LogP contribution is -2.39. The fourth-order valence-corrected chi connectivity index (χ4v) is 2.13. The maximum absolute atomic E-state index is 5.76. The van der Waals surface area contributed by atoms with Gasteiger partial charge in [-0.2, -0.15) is 0 Å². The van der Waals surface area contributed by atoms with E-state index in [9.17, 15) is 0 Å². The molecule has 1 heterocycles. The van der Waals surface area contributed by atoms with Crippen LogP contribution in [0.2, 0.25) is 0 Å². The summed E-state index contributed by atoms with van der Waals surface area (Å²) < 4.78 is 5.73. The predicted molar refractivity (Wildman–Crippen MR) is 79.3 cm³/mol. The molecule has 0 aliphatic carbocycles. The third-order valence-corrected chi connectivity index (χ3v) is 3.17. The summed E-state index contributed by atoms with van der Waals surface area (Å²) >= 11 is 0. The van der Waals surface area contributed by atoms with E-state index >= 15 is 0 Å². The van der Waals surface area contributed by atoms with Crippen molar-refractivity contribution in [1.29, 1.82) is 0 Å². The average molecular weight is 265 g/mol. The quantitative estimate of drug-likeness (QED) is 0.823. The third-order valence-electron chi connectivity index (χ3n) is 3.17. The fraction of sp³-hybridized carbons (Fsp3) is 0.667. The van der Waals surface area contributed by atoms with Crippen LogP contribution in [0, 0.1) is 0 Å². The largest absolute Gasteiger partial charge is 0.491 e. The molecule has 0 radical (unpaired) electrons. The first-order chi connectivity index (χ1) is 8.91. The van der Waals surface area contributed by atoms with E-state index in [2.05, 4.69) is 37.6 Å². The molecule has 0 amide bonds. The summed E-state index contributed by atoms with van der Waals surface area (Å²) in [5, 5.41) is 0. The van der Waals surface area contributed by atoms with Crippen molar-refractivity contribution >= 4 is 0 Å². The minimum Gasteiger partial charge on any atom is -0.491 e. The molecule has 19 heavy (non-hydrogen) atoms. The number of aromatic nitrogens is 1. The predicted octanol–water partition coefficient (Wildman–Crippen LogP) is 2.60. The van der Waals surface area contributed by atoms with E-state index < -0.39 is 0 Å². The number of hydrogen-bond donors (Lipinski definition) is 1. The topological polar surface area (TPSA) is 51.4 Å². The Labute approximate surface area is 117 Å². The molecule has 4 nitrogen and oxygen atoms in total. The second-order valence-electron chi connectivity index (χ2n) is 5.48. The van der Waals surface area contributed by atoms with E-state index in [1.165, 1.54) is 0 Å². The van der Waals surface area contributed by atoms with Crippen molar-refractivity contribution in [3.8, 4) is 5.75 Å². The van der Waals surface area contributed by atoms with Crippen molar-refractivity contribution in [3.05, 3.63) is 24.0 Å². The Morgan fingerprint density at radius 3 is 2.21 bits per heavy atom. The van der Waals surface area contributed by atoms with Crippen LogP contribution in [0.3, 0.4) is 0 Å². The van der Waals surface area contributed by atoms with Crippen LogP contribution in [-0.4, -0.2) is 35.1 Å². The molecule has 0 fully saturated rings. The molecule has 4 heteroatoms. The van der Waals surface area contributed by atoms with Gasteiger partial charge in [-0.1, -0.05) is 0 Å². The summed E-state index contributed by atoms with van der Waals surface area (Å²) in [6, 6.07) is 4.87. The van der Waals surface area contributed by atoms with Crippen molar-refractivity contribution in [2.75, 3.05) is 13.2 Å². The van der Waals surface area contributed by atoms with Gasteiger partial charge in [0.15, 0.2) is 0 Å². The van der Waals surface area contributed by atoms with Gasteiger partial charge in [-0.3, -0.25) is 9.88 Å². The number of hydrogen-bond acceptors (Lipinski definition) is 4. The van der Waals surface area contributed by atoms with Gasteiger partial charge in [0.05, 0.1) is 11.9 Å². The fourth-order valence-electron chi connectivity index (χ4n) is 2.13.